The van der Waals surface area contributed by atoms with Gasteiger partial charge in [-0.25, -0.2) is 29.9 Å². The smallest absolute Gasteiger partial charge is 0.164 e. The second-order valence-electron chi connectivity index (χ2n) is 11.0. The van der Waals surface area contributed by atoms with E-state index in [9.17, 15) is 0 Å². The topological polar surface area (TPSA) is 122 Å². The van der Waals surface area contributed by atoms with Crippen LogP contribution in [0.3, 0.4) is 0 Å². The number of aromatic nitrogens is 8. The average Bonchev–Trinajstić information content (AvgIpc) is 3.91. The monoisotopic (exact) mass is 580 g/mol. The molecule has 0 aliphatic carbocycles. The van der Waals surface area contributed by atoms with E-state index in [0.29, 0.717) is 45.9 Å². The van der Waals surface area contributed by atoms with Gasteiger partial charge in [0.25, 0.3) is 0 Å². The van der Waals surface area contributed by atoms with Crippen LogP contribution in [0.4, 0.5) is 0 Å². The van der Waals surface area contributed by atoms with Crippen molar-refractivity contribution in [3.8, 4) is 56.9 Å². The van der Waals surface area contributed by atoms with Crippen molar-refractivity contribution in [2.24, 2.45) is 0 Å². The fourth-order valence-corrected chi connectivity index (χ4v) is 6.33. The minimum Gasteiger partial charge on any atom is -0.464 e. The standard InChI is InChI=1S/C36H20N8O/c1-2-10-20-19(9-1)29-37-30(20)39-32-23-13-5-6-14-24(23)34(41-32)43-36-28-25(27-17-8-18-45-27)15-7-16-26(28)35(44-36)42-33-22-12-4-3-11-21(22)31(38-29)40-33/h1-18H,(H2,37,38,39,40,41,42,43,44). The maximum atomic E-state index is 5.85. The second kappa shape index (κ2) is 9.01. The highest BCUT2D eigenvalue weighted by atomic mass is 16.3. The third-order valence-electron chi connectivity index (χ3n) is 8.37. The average molecular weight is 581 g/mol. The minimum atomic E-state index is 0.556. The van der Waals surface area contributed by atoms with E-state index in [-0.39, 0.29) is 0 Å². The van der Waals surface area contributed by atoms with Crippen LogP contribution in [0, 0.1) is 0 Å². The molecule has 6 heterocycles. The highest BCUT2D eigenvalue weighted by Gasteiger charge is 2.22. The highest BCUT2D eigenvalue weighted by molar-refractivity contribution is 6.12. The number of aromatic amines is 2. The Morgan fingerprint density at radius 2 is 0.822 bits per heavy atom. The van der Waals surface area contributed by atoms with Gasteiger partial charge in [0.2, 0.25) is 0 Å². The number of hydrogen-bond donors (Lipinski definition) is 2. The zero-order valence-corrected chi connectivity index (χ0v) is 23.5. The van der Waals surface area contributed by atoms with Crippen LogP contribution in [-0.4, -0.2) is 39.9 Å². The van der Waals surface area contributed by atoms with Crippen LogP contribution in [0.2, 0.25) is 0 Å². The van der Waals surface area contributed by atoms with Gasteiger partial charge >= 0.3 is 0 Å². The molecule has 2 aliphatic heterocycles. The predicted molar refractivity (Wildman–Crippen MR) is 174 cm³/mol. The van der Waals surface area contributed by atoms with Gasteiger partial charge in [-0.1, -0.05) is 91.0 Å². The van der Waals surface area contributed by atoms with Crippen LogP contribution < -0.4 is 0 Å². The summed E-state index contributed by atoms with van der Waals surface area (Å²) in [6.07, 6.45) is 1.67. The first-order valence-electron chi connectivity index (χ1n) is 14.6. The lowest BCUT2D eigenvalue weighted by Crippen LogP contribution is -1.83. The molecular weight excluding hydrogens is 560 g/mol. The number of benzene rings is 4. The Morgan fingerprint density at radius 3 is 1.36 bits per heavy atom. The molecule has 210 valence electrons. The fourth-order valence-electron chi connectivity index (χ4n) is 6.33. The van der Waals surface area contributed by atoms with Gasteiger partial charge in [0, 0.05) is 49.4 Å². The molecule has 0 atom stereocenters. The van der Waals surface area contributed by atoms with Crippen LogP contribution in [-0.2, 0) is 0 Å². The van der Waals surface area contributed by atoms with Crippen molar-refractivity contribution in [1.29, 1.82) is 0 Å². The summed E-state index contributed by atoms with van der Waals surface area (Å²) in [5.74, 6) is 3.00. The Hall–Kier alpha value is -6.48. The number of furan rings is 1. The van der Waals surface area contributed by atoms with E-state index < -0.39 is 0 Å². The first kappa shape index (κ1) is 24.0. The van der Waals surface area contributed by atoms with Gasteiger partial charge in [-0.05, 0) is 12.1 Å². The van der Waals surface area contributed by atoms with E-state index >= 15 is 0 Å². The zero-order valence-electron chi connectivity index (χ0n) is 23.5. The van der Waals surface area contributed by atoms with Gasteiger partial charge in [-0.2, -0.15) is 0 Å². The molecule has 0 saturated heterocycles. The Morgan fingerprint density at radius 1 is 0.378 bits per heavy atom. The molecule has 0 fully saturated rings. The van der Waals surface area contributed by atoms with Crippen molar-refractivity contribution in [3.63, 3.8) is 0 Å². The number of hydrogen-bond acceptors (Lipinski definition) is 7. The molecule has 2 N–H and O–H groups in total. The number of nitrogens with zero attached hydrogens (tertiary/aromatic N) is 6. The van der Waals surface area contributed by atoms with Gasteiger partial charge < -0.3 is 14.4 Å². The molecule has 8 aromatic rings. The van der Waals surface area contributed by atoms with Gasteiger partial charge in [0.15, 0.2) is 23.3 Å². The second-order valence-corrected chi connectivity index (χ2v) is 11.0. The quantitative estimate of drug-likeness (QED) is 0.201. The van der Waals surface area contributed by atoms with Gasteiger partial charge in [0.1, 0.15) is 28.3 Å². The Bertz CT molecular complexity index is 2660. The van der Waals surface area contributed by atoms with Crippen molar-refractivity contribution < 1.29 is 4.42 Å². The van der Waals surface area contributed by atoms with Crippen molar-refractivity contribution in [2.45, 2.75) is 0 Å². The van der Waals surface area contributed by atoms with Gasteiger partial charge in [0.05, 0.1) is 6.26 Å². The molecule has 9 nitrogen and oxygen atoms in total. The van der Waals surface area contributed by atoms with Gasteiger partial charge in [-0.15, -0.1) is 0 Å². The Kier molecular flexibility index (Phi) is 4.81. The Balaban J connectivity index is 1.43. The molecule has 0 unspecified atom stereocenters. The van der Waals surface area contributed by atoms with Crippen LogP contribution in [0.25, 0.3) is 101 Å². The number of rotatable bonds is 1. The molecule has 0 spiro atoms. The van der Waals surface area contributed by atoms with E-state index in [2.05, 4.69) is 9.97 Å². The first-order chi connectivity index (χ1) is 22.3. The molecule has 4 aromatic carbocycles. The number of H-pyrrole nitrogens is 2. The van der Waals surface area contributed by atoms with Crippen LogP contribution in [0.5, 0.6) is 0 Å². The molecule has 0 amide bonds. The van der Waals surface area contributed by atoms with Crippen molar-refractivity contribution in [3.05, 3.63) is 109 Å². The summed E-state index contributed by atoms with van der Waals surface area (Å²) >= 11 is 0. The summed E-state index contributed by atoms with van der Waals surface area (Å²) in [6, 6.07) is 34.0. The third kappa shape index (κ3) is 3.55. The van der Waals surface area contributed by atoms with E-state index in [1.54, 1.807) is 6.26 Å². The van der Waals surface area contributed by atoms with Crippen molar-refractivity contribution >= 4 is 44.1 Å². The molecule has 10 rings (SSSR count). The molecule has 8 bridgehead atoms. The number of nitrogens with one attached hydrogen (secondary N) is 2. The molecule has 2 aliphatic rings. The maximum absolute atomic E-state index is 5.85. The first-order valence-corrected chi connectivity index (χ1v) is 14.6. The summed E-state index contributed by atoms with van der Waals surface area (Å²) in [6.45, 7) is 0. The lowest BCUT2D eigenvalue weighted by atomic mass is 10.1. The molecule has 0 saturated carbocycles. The summed E-state index contributed by atoms with van der Waals surface area (Å²) in [7, 11) is 0. The summed E-state index contributed by atoms with van der Waals surface area (Å²) < 4.78 is 5.85. The SMILES string of the molecule is c1coc(-c2cccc3c4nc5nc(nc6[nH]c(nc7nc(nc([nH]4)c23)-c2ccccc2-7)c2ccccc62)-c2ccccc2-5)c1. The summed E-state index contributed by atoms with van der Waals surface area (Å²) in [4.78, 5) is 37.3. The van der Waals surface area contributed by atoms with E-state index in [1.807, 2.05) is 103 Å². The molecule has 4 aromatic heterocycles. The molecule has 0 radical (unpaired) electrons. The molecule has 45 heavy (non-hydrogen) atoms. The van der Waals surface area contributed by atoms with Gasteiger partial charge in [-0.3, -0.25) is 0 Å². The largest absolute Gasteiger partial charge is 0.464 e. The fraction of sp³-hybridized carbons (Fsp3) is 0. The van der Waals surface area contributed by atoms with E-state index in [1.165, 1.54) is 0 Å². The third-order valence-corrected chi connectivity index (χ3v) is 8.37. The van der Waals surface area contributed by atoms with Crippen molar-refractivity contribution in [2.75, 3.05) is 0 Å². The lowest BCUT2D eigenvalue weighted by molar-refractivity contribution is 0.583. The molecular formula is C36H20N8O. The number of fused-ring (bicyclic) bond motifs is 20. The Labute approximate surface area is 254 Å². The maximum Gasteiger partial charge on any atom is 0.164 e. The van der Waals surface area contributed by atoms with E-state index in [0.717, 1.165) is 55.1 Å². The minimum absolute atomic E-state index is 0.556. The van der Waals surface area contributed by atoms with E-state index in [4.69, 9.17) is 34.3 Å². The summed E-state index contributed by atoms with van der Waals surface area (Å²) in [5, 5.41) is 3.64. The lowest BCUT2D eigenvalue weighted by Gasteiger charge is -2.00. The normalized spacial score (nSPS) is 12.0. The summed E-state index contributed by atoms with van der Waals surface area (Å²) in [5.41, 5.74) is 7.08. The highest BCUT2D eigenvalue weighted by Crippen LogP contribution is 2.38. The zero-order chi connectivity index (χ0) is 29.5. The van der Waals surface area contributed by atoms with Crippen molar-refractivity contribution in [1.82, 2.24) is 39.9 Å². The molecule has 9 heteroatoms. The predicted octanol–water partition coefficient (Wildman–Crippen LogP) is 8.13. The van der Waals surface area contributed by atoms with Crippen LogP contribution in [0.1, 0.15) is 0 Å². The van der Waals surface area contributed by atoms with Crippen LogP contribution >= 0.6 is 0 Å². The van der Waals surface area contributed by atoms with Crippen LogP contribution in [0.15, 0.2) is 114 Å².